The molecule has 1 aliphatic heterocycles. The second-order valence-electron chi connectivity index (χ2n) is 9.07. The van der Waals surface area contributed by atoms with Crippen molar-refractivity contribution in [3.63, 3.8) is 0 Å². The van der Waals surface area contributed by atoms with E-state index in [1.54, 1.807) is 18.3 Å². The number of nitrogens with zero attached hydrogens (tertiary/aromatic N) is 2. The van der Waals surface area contributed by atoms with Gasteiger partial charge in [0.05, 0.1) is 6.04 Å². The maximum Gasteiger partial charge on any atom is 0.244 e. The first-order valence-corrected chi connectivity index (χ1v) is 13.0. The quantitative estimate of drug-likeness (QED) is 0.633. The summed E-state index contributed by atoms with van der Waals surface area (Å²) in [5.74, 6) is 0.591. The highest BCUT2D eigenvalue weighted by atomic mass is 32.2. The molecule has 0 aliphatic carbocycles. The molecule has 0 saturated carbocycles. The Morgan fingerprint density at radius 2 is 1.72 bits per heavy atom. The van der Waals surface area contributed by atoms with Gasteiger partial charge in [0, 0.05) is 31.4 Å². The minimum atomic E-state index is -3.56. The molecule has 2 unspecified atom stereocenters. The summed E-state index contributed by atoms with van der Waals surface area (Å²) in [6, 6.07) is 11.7. The Morgan fingerprint density at radius 1 is 1.09 bits per heavy atom. The fraction of sp³-hybridized carbons (Fsp3) is 0.520. The highest BCUT2D eigenvalue weighted by Crippen LogP contribution is 2.28. The number of amides is 1. The number of carbonyl (C=O) groups excluding carboxylic acids is 1. The molecule has 2 atom stereocenters. The SMILES string of the molecule is CCC(C)c1ccc(C(NC(=O)C2CCN(S(=O)(=O)c3cccnc3)CC2)C(C)C)cc1. The van der Waals surface area contributed by atoms with Gasteiger partial charge in [-0.3, -0.25) is 9.78 Å². The highest BCUT2D eigenvalue weighted by molar-refractivity contribution is 7.89. The van der Waals surface area contributed by atoms with E-state index in [0.717, 1.165) is 12.0 Å². The van der Waals surface area contributed by atoms with E-state index < -0.39 is 10.0 Å². The zero-order chi connectivity index (χ0) is 23.3. The lowest BCUT2D eigenvalue weighted by Gasteiger charge is -2.32. The molecule has 0 bridgehead atoms. The van der Waals surface area contributed by atoms with Crippen LogP contribution < -0.4 is 5.32 Å². The Kier molecular flexibility index (Phi) is 8.06. The van der Waals surface area contributed by atoms with Crippen molar-refractivity contribution in [2.75, 3.05) is 13.1 Å². The Balaban J connectivity index is 1.62. The van der Waals surface area contributed by atoms with Gasteiger partial charge in [-0.25, -0.2) is 8.42 Å². The first-order valence-electron chi connectivity index (χ1n) is 11.5. The molecule has 32 heavy (non-hydrogen) atoms. The third kappa shape index (κ3) is 5.56. The maximum atomic E-state index is 13.0. The molecule has 6 nitrogen and oxygen atoms in total. The van der Waals surface area contributed by atoms with Gasteiger partial charge in [0.25, 0.3) is 0 Å². The third-order valence-electron chi connectivity index (χ3n) is 6.54. The molecular formula is C25H35N3O3S. The normalized spacial score (nSPS) is 17.8. The summed E-state index contributed by atoms with van der Waals surface area (Å²) in [6.45, 7) is 9.30. The molecule has 0 radical (unpaired) electrons. The van der Waals surface area contributed by atoms with Crippen molar-refractivity contribution in [1.82, 2.24) is 14.6 Å². The molecular weight excluding hydrogens is 422 g/mol. The molecule has 1 aliphatic rings. The van der Waals surface area contributed by atoms with Crippen LogP contribution in [0.4, 0.5) is 0 Å². The Hall–Kier alpha value is -2.25. The van der Waals surface area contributed by atoms with Crippen LogP contribution in [0.5, 0.6) is 0 Å². The number of carbonyl (C=O) groups is 1. The second-order valence-corrected chi connectivity index (χ2v) is 11.0. The molecule has 1 amide bonds. The molecule has 1 saturated heterocycles. The van der Waals surface area contributed by atoms with Gasteiger partial charge < -0.3 is 5.32 Å². The Bertz CT molecular complexity index is 983. The lowest BCUT2D eigenvalue weighted by atomic mass is 9.91. The molecule has 7 heteroatoms. The molecule has 0 spiro atoms. The standard InChI is InChI=1S/C25H35N3O3S/c1-5-19(4)20-8-10-21(11-9-20)24(18(2)3)27-25(29)22-12-15-28(16-13-22)32(30,31)23-7-6-14-26-17-23/h6-11,14,17-19,22,24H,5,12-13,15-16H2,1-4H3,(H,27,29). The molecule has 3 rings (SSSR count). The van der Waals surface area contributed by atoms with Gasteiger partial charge in [-0.05, 0) is 54.4 Å². The van der Waals surface area contributed by atoms with Crippen LogP contribution >= 0.6 is 0 Å². The van der Waals surface area contributed by atoms with E-state index >= 15 is 0 Å². The van der Waals surface area contributed by atoms with Gasteiger partial charge >= 0.3 is 0 Å². The Labute approximate surface area is 192 Å². The number of nitrogens with one attached hydrogen (secondary N) is 1. The van der Waals surface area contributed by atoms with E-state index in [1.807, 2.05) is 0 Å². The van der Waals surface area contributed by atoms with E-state index in [0.29, 0.717) is 31.8 Å². The fourth-order valence-corrected chi connectivity index (χ4v) is 5.61. The fourth-order valence-electron chi connectivity index (χ4n) is 4.18. The van der Waals surface area contributed by atoms with Crippen molar-refractivity contribution in [1.29, 1.82) is 0 Å². The molecule has 174 valence electrons. The highest BCUT2D eigenvalue weighted by Gasteiger charge is 2.33. The van der Waals surface area contributed by atoms with E-state index in [9.17, 15) is 13.2 Å². The van der Waals surface area contributed by atoms with Crippen LogP contribution in [0.1, 0.15) is 70.0 Å². The number of hydrogen-bond acceptors (Lipinski definition) is 4. The number of sulfonamides is 1. The summed E-state index contributed by atoms with van der Waals surface area (Å²) in [5.41, 5.74) is 2.42. The third-order valence-corrected chi connectivity index (χ3v) is 8.42. The van der Waals surface area contributed by atoms with Gasteiger partial charge in [0.2, 0.25) is 15.9 Å². The van der Waals surface area contributed by atoms with Crippen molar-refractivity contribution in [3.8, 4) is 0 Å². The van der Waals surface area contributed by atoms with Crippen LogP contribution in [0, 0.1) is 11.8 Å². The average molecular weight is 458 g/mol. The van der Waals surface area contributed by atoms with Crippen molar-refractivity contribution in [2.45, 2.75) is 63.8 Å². The van der Waals surface area contributed by atoms with Crippen molar-refractivity contribution < 1.29 is 13.2 Å². The molecule has 2 heterocycles. The van der Waals surface area contributed by atoms with Gasteiger partial charge in [0.1, 0.15) is 4.90 Å². The monoisotopic (exact) mass is 457 g/mol. The van der Waals surface area contributed by atoms with Crippen LogP contribution in [0.25, 0.3) is 0 Å². The summed E-state index contributed by atoms with van der Waals surface area (Å²) >= 11 is 0. The summed E-state index contributed by atoms with van der Waals surface area (Å²) < 4.78 is 27.1. The molecule has 1 N–H and O–H groups in total. The smallest absolute Gasteiger partial charge is 0.244 e. The number of pyridine rings is 1. The zero-order valence-corrected chi connectivity index (χ0v) is 20.3. The molecule has 1 aromatic carbocycles. The number of rotatable bonds is 8. The lowest BCUT2D eigenvalue weighted by Crippen LogP contribution is -2.44. The first kappa shape index (κ1) is 24.4. The van der Waals surface area contributed by atoms with Crippen molar-refractivity contribution >= 4 is 15.9 Å². The van der Waals surface area contributed by atoms with Crippen LogP contribution in [0.15, 0.2) is 53.7 Å². The summed E-state index contributed by atoms with van der Waals surface area (Å²) in [5, 5.41) is 3.23. The number of piperidine rings is 1. The molecule has 1 aromatic heterocycles. The van der Waals surface area contributed by atoms with Gasteiger partial charge in [-0.1, -0.05) is 52.0 Å². The van der Waals surface area contributed by atoms with Gasteiger partial charge in [-0.2, -0.15) is 4.31 Å². The van der Waals surface area contributed by atoms with Crippen molar-refractivity contribution in [3.05, 3.63) is 59.9 Å². The van der Waals surface area contributed by atoms with Crippen LogP contribution in [0.2, 0.25) is 0 Å². The zero-order valence-electron chi connectivity index (χ0n) is 19.5. The minimum Gasteiger partial charge on any atom is -0.349 e. The average Bonchev–Trinajstić information content (AvgIpc) is 2.82. The van der Waals surface area contributed by atoms with Gasteiger partial charge in [0.15, 0.2) is 0 Å². The topological polar surface area (TPSA) is 79.4 Å². The predicted molar refractivity (Wildman–Crippen MR) is 127 cm³/mol. The number of hydrogen-bond donors (Lipinski definition) is 1. The van der Waals surface area contributed by atoms with E-state index in [2.05, 4.69) is 62.3 Å². The maximum absolute atomic E-state index is 13.0. The number of benzene rings is 1. The van der Waals surface area contributed by atoms with E-state index in [4.69, 9.17) is 0 Å². The lowest BCUT2D eigenvalue weighted by molar-refractivity contribution is -0.127. The van der Waals surface area contributed by atoms with Crippen LogP contribution in [0.3, 0.4) is 0 Å². The predicted octanol–water partition coefficient (Wildman–Crippen LogP) is 4.51. The summed E-state index contributed by atoms with van der Waals surface area (Å²) in [4.78, 5) is 17.2. The molecule has 1 fully saturated rings. The van der Waals surface area contributed by atoms with E-state index in [1.165, 1.54) is 16.1 Å². The first-order chi connectivity index (χ1) is 15.2. The largest absolute Gasteiger partial charge is 0.349 e. The Morgan fingerprint density at radius 3 is 2.25 bits per heavy atom. The van der Waals surface area contributed by atoms with Crippen LogP contribution in [-0.2, 0) is 14.8 Å². The second kappa shape index (κ2) is 10.6. The van der Waals surface area contributed by atoms with E-state index in [-0.39, 0.29) is 28.7 Å². The minimum absolute atomic E-state index is 0.00753. The van der Waals surface area contributed by atoms with Crippen molar-refractivity contribution in [2.24, 2.45) is 11.8 Å². The summed E-state index contributed by atoms with van der Waals surface area (Å²) in [7, 11) is -3.56. The molecule has 2 aromatic rings. The van der Waals surface area contributed by atoms with Gasteiger partial charge in [-0.15, -0.1) is 0 Å². The number of aromatic nitrogens is 1. The van der Waals surface area contributed by atoms with Crippen LogP contribution in [-0.4, -0.2) is 36.7 Å². The summed E-state index contributed by atoms with van der Waals surface area (Å²) in [6.07, 6.45) is 5.05.